The summed E-state index contributed by atoms with van der Waals surface area (Å²) in [5, 5.41) is 9.31. The minimum absolute atomic E-state index is 0.0406. The van der Waals surface area contributed by atoms with Gasteiger partial charge in [0.1, 0.15) is 0 Å². The molecule has 0 radical (unpaired) electrons. The van der Waals surface area contributed by atoms with Crippen molar-refractivity contribution in [2.45, 2.75) is 32.4 Å². The molecule has 3 N–H and O–H groups in total. The number of fused-ring (bicyclic) bond motifs is 1. The lowest BCUT2D eigenvalue weighted by Crippen LogP contribution is -2.32. The number of benzene rings is 2. The first-order valence-electron chi connectivity index (χ1n) is 11.4. The third kappa shape index (κ3) is 4.26. The smallest absolute Gasteiger partial charge is 0.226 e. The van der Waals surface area contributed by atoms with Crippen molar-refractivity contribution in [3.05, 3.63) is 95.6 Å². The second-order valence-corrected chi connectivity index (χ2v) is 9.06. The zero-order chi connectivity index (χ0) is 23.7. The maximum atomic E-state index is 13.0. The molecule has 2 atom stereocenters. The van der Waals surface area contributed by atoms with Crippen LogP contribution in [0, 0.1) is 13.8 Å². The number of carbonyl (C=O) groups is 1. The maximum Gasteiger partial charge on any atom is 0.226 e. The molecule has 1 saturated heterocycles. The number of amides is 1. The fourth-order valence-corrected chi connectivity index (χ4v) is 5.14. The number of aromatic amines is 1. The van der Waals surface area contributed by atoms with Gasteiger partial charge in [0, 0.05) is 41.6 Å². The first-order chi connectivity index (χ1) is 16.5. The van der Waals surface area contributed by atoms with E-state index in [1.165, 1.54) is 0 Å². The Morgan fingerprint density at radius 3 is 2.65 bits per heavy atom. The van der Waals surface area contributed by atoms with Crippen molar-refractivity contribution in [2.75, 3.05) is 11.9 Å². The van der Waals surface area contributed by atoms with E-state index in [0.29, 0.717) is 18.1 Å². The molecule has 0 unspecified atom stereocenters. The van der Waals surface area contributed by atoms with E-state index in [9.17, 15) is 4.79 Å². The standard InChI is InChI=1S/C27H27N5OS/c1-17-16-21(18(2)29-17)26-25(23-11-5-6-14-28-23)31-27(34)32(26)15-13-24(33)30-22-12-7-9-19-8-3-4-10-20(19)22/h3-12,14,16,25-26,29H,13,15H2,1-2H3,(H,30,33)(H,31,34)/t25-,26+/m1/s1. The molecular weight excluding hydrogens is 442 g/mol. The fourth-order valence-electron chi connectivity index (χ4n) is 4.81. The Morgan fingerprint density at radius 1 is 1.09 bits per heavy atom. The van der Waals surface area contributed by atoms with Crippen molar-refractivity contribution in [2.24, 2.45) is 0 Å². The zero-order valence-electron chi connectivity index (χ0n) is 19.2. The summed E-state index contributed by atoms with van der Waals surface area (Å²) in [6.07, 6.45) is 2.12. The maximum absolute atomic E-state index is 13.0. The molecule has 172 valence electrons. The molecular formula is C27H27N5OS. The van der Waals surface area contributed by atoms with Crippen LogP contribution in [0.15, 0.2) is 72.9 Å². The van der Waals surface area contributed by atoms with Gasteiger partial charge in [-0.2, -0.15) is 0 Å². The first-order valence-corrected chi connectivity index (χ1v) is 11.8. The monoisotopic (exact) mass is 469 g/mol. The second kappa shape index (κ2) is 9.27. The van der Waals surface area contributed by atoms with Crippen LogP contribution in [0.2, 0.25) is 0 Å². The zero-order valence-corrected chi connectivity index (χ0v) is 20.0. The Morgan fingerprint density at radius 2 is 1.88 bits per heavy atom. The van der Waals surface area contributed by atoms with E-state index in [2.05, 4.69) is 45.4 Å². The quantitative estimate of drug-likeness (QED) is 0.339. The van der Waals surface area contributed by atoms with Crippen molar-refractivity contribution in [3.63, 3.8) is 0 Å². The van der Waals surface area contributed by atoms with Gasteiger partial charge < -0.3 is 20.5 Å². The second-order valence-electron chi connectivity index (χ2n) is 8.68. The molecule has 4 aromatic rings. The van der Waals surface area contributed by atoms with Crippen LogP contribution in [0.1, 0.15) is 41.1 Å². The van der Waals surface area contributed by atoms with E-state index in [1.807, 2.05) is 60.7 Å². The van der Waals surface area contributed by atoms with Gasteiger partial charge in [-0.1, -0.05) is 42.5 Å². The van der Waals surface area contributed by atoms with Gasteiger partial charge in [0.2, 0.25) is 5.91 Å². The van der Waals surface area contributed by atoms with Crippen molar-refractivity contribution < 1.29 is 4.79 Å². The number of pyridine rings is 1. The largest absolute Gasteiger partial charge is 0.362 e. The number of carbonyl (C=O) groups excluding carboxylic acids is 1. The number of H-pyrrole nitrogens is 1. The summed E-state index contributed by atoms with van der Waals surface area (Å²) in [7, 11) is 0. The number of nitrogens with one attached hydrogen (secondary N) is 3. The topological polar surface area (TPSA) is 73.1 Å². The predicted octanol–water partition coefficient (Wildman–Crippen LogP) is 5.18. The molecule has 7 heteroatoms. The molecule has 0 aliphatic carbocycles. The van der Waals surface area contributed by atoms with Crippen LogP contribution in [0.3, 0.4) is 0 Å². The van der Waals surface area contributed by atoms with Gasteiger partial charge in [0.05, 0.1) is 17.8 Å². The average molecular weight is 470 g/mol. The Labute approximate surface area is 204 Å². The van der Waals surface area contributed by atoms with Crippen molar-refractivity contribution >= 4 is 39.7 Å². The molecule has 1 aliphatic rings. The highest BCUT2D eigenvalue weighted by Gasteiger charge is 2.40. The molecule has 1 fully saturated rings. The van der Waals surface area contributed by atoms with Gasteiger partial charge in [-0.25, -0.2) is 0 Å². The van der Waals surface area contributed by atoms with Gasteiger partial charge in [-0.3, -0.25) is 9.78 Å². The summed E-state index contributed by atoms with van der Waals surface area (Å²) in [5.41, 5.74) is 5.11. The highest BCUT2D eigenvalue weighted by atomic mass is 32.1. The number of hydrogen-bond donors (Lipinski definition) is 3. The molecule has 0 saturated carbocycles. The minimum atomic E-state index is -0.0938. The molecule has 2 aromatic carbocycles. The van der Waals surface area contributed by atoms with E-state index in [4.69, 9.17) is 12.2 Å². The van der Waals surface area contributed by atoms with Crippen LogP contribution in [0.4, 0.5) is 5.69 Å². The van der Waals surface area contributed by atoms with Crippen LogP contribution in [0.25, 0.3) is 10.8 Å². The Bertz CT molecular complexity index is 1340. The SMILES string of the molecule is Cc1cc([C@H]2[C@@H](c3ccccn3)NC(=S)N2CCC(=O)Nc2cccc3ccccc23)c(C)[nH]1. The number of anilines is 1. The van der Waals surface area contributed by atoms with Crippen LogP contribution in [0.5, 0.6) is 0 Å². The molecule has 5 rings (SSSR count). The van der Waals surface area contributed by atoms with Gasteiger partial charge in [-0.15, -0.1) is 0 Å². The van der Waals surface area contributed by atoms with E-state index >= 15 is 0 Å². The van der Waals surface area contributed by atoms with Crippen molar-refractivity contribution in [3.8, 4) is 0 Å². The van der Waals surface area contributed by atoms with E-state index in [-0.39, 0.29) is 18.0 Å². The van der Waals surface area contributed by atoms with Gasteiger partial charge in [0.15, 0.2) is 5.11 Å². The summed E-state index contributed by atoms with van der Waals surface area (Å²) in [5.74, 6) is -0.0406. The average Bonchev–Trinajstić information content (AvgIpc) is 3.35. The van der Waals surface area contributed by atoms with Crippen LogP contribution in [-0.2, 0) is 4.79 Å². The highest BCUT2D eigenvalue weighted by Crippen LogP contribution is 2.40. The summed E-state index contributed by atoms with van der Waals surface area (Å²) in [6, 6.07) is 21.9. The highest BCUT2D eigenvalue weighted by molar-refractivity contribution is 7.80. The third-order valence-electron chi connectivity index (χ3n) is 6.35. The summed E-state index contributed by atoms with van der Waals surface area (Å²) in [6.45, 7) is 4.62. The van der Waals surface area contributed by atoms with Crippen LogP contribution >= 0.6 is 12.2 Å². The molecule has 0 bridgehead atoms. The number of hydrogen-bond acceptors (Lipinski definition) is 3. The molecule has 3 heterocycles. The normalized spacial score (nSPS) is 17.7. The number of aryl methyl sites for hydroxylation is 2. The molecule has 6 nitrogen and oxygen atoms in total. The number of rotatable bonds is 6. The van der Waals surface area contributed by atoms with Gasteiger partial charge >= 0.3 is 0 Å². The van der Waals surface area contributed by atoms with E-state index in [1.54, 1.807) is 6.20 Å². The molecule has 1 amide bonds. The van der Waals surface area contributed by atoms with Gasteiger partial charge in [0.25, 0.3) is 0 Å². The number of thiocarbonyl (C=S) groups is 1. The van der Waals surface area contributed by atoms with Crippen LogP contribution in [-0.4, -0.2) is 32.4 Å². The third-order valence-corrected chi connectivity index (χ3v) is 6.70. The predicted molar refractivity (Wildman–Crippen MR) is 140 cm³/mol. The Balaban J connectivity index is 1.37. The lowest BCUT2D eigenvalue weighted by molar-refractivity contribution is -0.116. The lowest BCUT2D eigenvalue weighted by Gasteiger charge is -2.27. The molecule has 1 aliphatic heterocycles. The van der Waals surface area contributed by atoms with Crippen LogP contribution < -0.4 is 10.6 Å². The Kier molecular flexibility index (Phi) is 6.02. The number of aromatic nitrogens is 2. The summed E-state index contributed by atoms with van der Waals surface area (Å²) < 4.78 is 0. The summed E-state index contributed by atoms with van der Waals surface area (Å²) in [4.78, 5) is 23.1. The Hall–Kier alpha value is -3.71. The molecule has 34 heavy (non-hydrogen) atoms. The van der Waals surface area contributed by atoms with Gasteiger partial charge in [-0.05, 0) is 61.3 Å². The first kappa shape index (κ1) is 22.1. The fraction of sp³-hybridized carbons (Fsp3) is 0.222. The number of nitrogens with zero attached hydrogens (tertiary/aromatic N) is 2. The van der Waals surface area contributed by atoms with E-state index < -0.39 is 0 Å². The van der Waals surface area contributed by atoms with Crippen molar-refractivity contribution in [1.82, 2.24) is 20.2 Å². The summed E-state index contributed by atoms with van der Waals surface area (Å²) >= 11 is 5.73. The molecule has 0 spiro atoms. The molecule has 2 aromatic heterocycles. The van der Waals surface area contributed by atoms with E-state index in [0.717, 1.165) is 39.1 Å². The van der Waals surface area contributed by atoms with Crippen molar-refractivity contribution in [1.29, 1.82) is 0 Å². The minimum Gasteiger partial charge on any atom is -0.362 e. The lowest BCUT2D eigenvalue weighted by atomic mass is 9.96.